The average molecular weight is 164 g/mol. The second-order valence-corrected chi connectivity index (χ2v) is 4.24. The van der Waals surface area contributed by atoms with E-state index in [1.165, 1.54) is 18.4 Å². The zero-order chi connectivity index (χ0) is 9.35. The van der Waals surface area contributed by atoms with Gasteiger partial charge in [0.15, 0.2) is 0 Å². The predicted molar refractivity (Wildman–Crippen MR) is 55.0 cm³/mol. The lowest BCUT2D eigenvalue weighted by Crippen LogP contribution is -1.94. The molecule has 1 fully saturated rings. The zero-order valence-corrected chi connectivity index (χ0v) is 8.56. The molecule has 0 amide bonds. The Labute approximate surface area is 76.4 Å². The van der Waals surface area contributed by atoms with Crippen LogP contribution in [0.4, 0.5) is 0 Å². The van der Waals surface area contributed by atoms with Crippen molar-refractivity contribution in [1.82, 2.24) is 0 Å². The predicted octanol–water partition coefficient (Wildman–Crippen LogP) is 3.80. The van der Waals surface area contributed by atoms with Crippen LogP contribution < -0.4 is 0 Å². The minimum Gasteiger partial charge on any atom is -0.103 e. The molecule has 0 heteroatoms. The molecule has 1 saturated carbocycles. The van der Waals surface area contributed by atoms with E-state index in [4.69, 9.17) is 0 Å². The molecule has 0 aromatic heterocycles. The highest BCUT2D eigenvalue weighted by Crippen LogP contribution is 2.62. The maximum atomic E-state index is 4.15. The second-order valence-electron chi connectivity index (χ2n) is 4.24. The van der Waals surface area contributed by atoms with Gasteiger partial charge < -0.3 is 0 Å². The van der Waals surface area contributed by atoms with Crippen LogP contribution in [0.3, 0.4) is 0 Å². The Hall–Kier alpha value is -0.520. The van der Waals surface area contributed by atoms with Gasteiger partial charge in [0.25, 0.3) is 0 Å². The lowest BCUT2D eigenvalue weighted by molar-refractivity contribution is 0.639. The quantitative estimate of drug-likeness (QED) is 0.554. The Bertz CT molecular complexity index is 202. The van der Waals surface area contributed by atoms with Gasteiger partial charge in [0.05, 0.1) is 0 Å². The maximum absolute atomic E-state index is 4.15. The van der Waals surface area contributed by atoms with Crippen LogP contribution >= 0.6 is 0 Å². The molecule has 3 unspecified atom stereocenters. The molecule has 0 nitrogen and oxygen atoms in total. The van der Waals surface area contributed by atoms with Crippen LogP contribution in [-0.4, -0.2) is 0 Å². The summed E-state index contributed by atoms with van der Waals surface area (Å²) in [7, 11) is 0. The lowest BCUT2D eigenvalue weighted by atomic mass is 9.99. The van der Waals surface area contributed by atoms with Crippen LogP contribution in [0.1, 0.15) is 33.6 Å². The third kappa shape index (κ3) is 1.24. The zero-order valence-electron chi connectivity index (χ0n) is 8.56. The Morgan fingerprint density at radius 2 is 2.17 bits per heavy atom. The van der Waals surface area contributed by atoms with Gasteiger partial charge >= 0.3 is 0 Å². The summed E-state index contributed by atoms with van der Waals surface area (Å²) in [6.45, 7) is 14.8. The molecule has 0 spiro atoms. The highest BCUT2D eigenvalue weighted by Gasteiger charge is 2.56. The molecule has 12 heavy (non-hydrogen) atoms. The van der Waals surface area contributed by atoms with Gasteiger partial charge in [-0.3, -0.25) is 0 Å². The summed E-state index contributed by atoms with van der Waals surface area (Å²) in [4.78, 5) is 0. The largest absolute Gasteiger partial charge is 0.103 e. The Balaban J connectivity index is 2.58. The molecule has 1 aliphatic carbocycles. The molecular weight excluding hydrogens is 144 g/mol. The first kappa shape index (κ1) is 9.57. The lowest BCUT2D eigenvalue weighted by Gasteiger charge is -2.05. The van der Waals surface area contributed by atoms with E-state index in [-0.39, 0.29) is 0 Å². The molecule has 3 atom stereocenters. The minimum absolute atomic E-state index is 0.353. The van der Waals surface area contributed by atoms with E-state index >= 15 is 0 Å². The third-order valence-corrected chi connectivity index (χ3v) is 3.49. The monoisotopic (exact) mass is 164 g/mol. The van der Waals surface area contributed by atoms with Crippen molar-refractivity contribution in [3.8, 4) is 0 Å². The van der Waals surface area contributed by atoms with Crippen molar-refractivity contribution < 1.29 is 0 Å². The van der Waals surface area contributed by atoms with Gasteiger partial charge in [-0.05, 0) is 23.7 Å². The Morgan fingerprint density at radius 3 is 2.50 bits per heavy atom. The molecule has 0 bridgehead atoms. The van der Waals surface area contributed by atoms with Crippen LogP contribution in [0.2, 0.25) is 0 Å². The van der Waals surface area contributed by atoms with Crippen molar-refractivity contribution in [3.05, 3.63) is 24.8 Å². The summed E-state index contributed by atoms with van der Waals surface area (Å²) in [5, 5.41) is 0. The maximum Gasteiger partial charge on any atom is -0.00494 e. The normalized spacial score (nSPS) is 39.2. The molecule has 0 saturated heterocycles. The summed E-state index contributed by atoms with van der Waals surface area (Å²) in [6, 6.07) is 0. The van der Waals surface area contributed by atoms with E-state index in [0.717, 1.165) is 5.92 Å². The van der Waals surface area contributed by atoms with Gasteiger partial charge in [-0.15, -0.1) is 6.58 Å². The number of allylic oxidation sites excluding steroid dienone is 2. The molecule has 0 aromatic carbocycles. The van der Waals surface area contributed by atoms with Crippen molar-refractivity contribution >= 4 is 0 Å². The first-order valence-corrected chi connectivity index (χ1v) is 4.89. The van der Waals surface area contributed by atoms with Crippen molar-refractivity contribution in [2.24, 2.45) is 17.3 Å². The first-order valence-electron chi connectivity index (χ1n) is 4.89. The van der Waals surface area contributed by atoms with Gasteiger partial charge in [0.2, 0.25) is 0 Å². The number of rotatable bonds is 4. The number of hydrogen-bond donors (Lipinski definition) is 0. The van der Waals surface area contributed by atoms with Crippen LogP contribution in [0.25, 0.3) is 0 Å². The Kier molecular flexibility index (Phi) is 2.46. The smallest absolute Gasteiger partial charge is 0.00494 e. The fraction of sp³-hybridized carbons (Fsp3) is 0.667. The second kappa shape index (κ2) is 3.08. The summed E-state index contributed by atoms with van der Waals surface area (Å²) >= 11 is 0. The van der Waals surface area contributed by atoms with E-state index in [9.17, 15) is 0 Å². The molecule has 1 aliphatic rings. The summed E-state index contributed by atoms with van der Waals surface area (Å²) < 4.78 is 0. The van der Waals surface area contributed by atoms with E-state index < -0.39 is 0 Å². The Morgan fingerprint density at radius 1 is 1.58 bits per heavy atom. The third-order valence-electron chi connectivity index (χ3n) is 3.49. The summed E-state index contributed by atoms with van der Waals surface area (Å²) in [5.74, 6) is 1.46. The average Bonchev–Trinajstić information content (AvgIpc) is 2.57. The summed E-state index contributed by atoms with van der Waals surface area (Å²) in [6.07, 6.45) is 4.50. The van der Waals surface area contributed by atoms with E-state index in [1.54, 1.807) is 0 Å². The van der Waals surface area contributed by atoms with Crippen LogP contribution in [-0.2, 0) is 0 Å². The SMILES string of the molecule is C=CC1(C)C(C)C1C(=C)CCC. The molecule has 0 aliphatic heterocycles. The van der Waals surface area contributed by atoms with E-state index in [2.05, 4.69) is 40.0 Å². The van der Waals surface area contributed by atoms with Crippen molar-refractivity contribution in [1.29, 1.82) is 0 Å². The van der Waals surface area contributed by atoms with Crippen LogP contribution in [0.15, 0.2) is 24.8 Å². The van der Waals surface area contributed by atoms with Crippen molar-refractivity contribution in [3.63, 3.8) is 0 Å². The number of hydrogen-bond acceptors (Lipinski definition) is 0. The summed E-state index contributed by atoms with van der Waals surface area (Å²) in [5.41, 5.74) is 1.78. The van der Waals surface area contributed by atoms with Crippen molar-refractivity contribution in [2.75, 3.05) is 0 Å². The molecule has 0 N–H and O–H groups in total. The fourth-order valence-corrected chi connectivity index (χ4v) is 2.34. The van der Waals surface area contributed by atoms with Crippen LogP contribution in [0, 0.1) is 17.3 Å². The van der Waals surface area contributed by atoms with Gasteiger partial charge in [-0.25, -0.2) is 0 Å². The molecule has 0 aromatic rings. The van der Waals surface area contributed by atoms with Gasteiger partial charge in [-0.2, -0.15) is 0 Å². The van der Waals surface area contributed by atoms with Gasteiger partial charge in [0, 0.05) is 0 Å². The van der Waals surface area contributed by atoms with Crippen LogP contribution in [0.5, 0.6) is 0 Å². The van der Waals surface area contributed by atoms with E-state index in [0.29, 0.717) is 11.3 Å². The molecule has 1 rings (SSSR count). The minimum atomic E-state index is 0.353. The topological polar surface area (TPSA) is 0 Å². The highest BCUT2D eigenvalue weighted by molar-refractivity contribution is 5.26. The van der Waals surface area contributed by atoms with Gasteiger partial charge in [0.1, 0.15) is 0 Å². The first-order chi connectivity index (χ1) is 5.57. The molecular formula is C12H20. The molecule has 0 radical (unpaired) electrons. The standard InChI is InChI=1S/C12H20/c1-6-8-9(3)11-10(4)12(11,5)7-2/h7,10-11H,2-3,6,8H2,1,4-5H3. The van der Waals surface area contributed by atoms with Gasteiger partial charge in [-0.1, -0.05) is 45.4 Å². The molecule has 0 heterocycles. The highest BCUT2D eigenvalue weighted by atomic mass is 14.6. The molecule has 68 valence electrons. The van der Waals surface area contributed by atoms with Crippen molar-refractivity contribution in [2.45, 2.75) is 33.6 Å². The fourth-order valence-electron chi connectivity index (χ4n) is 2.34. The van der Waals surface area contributed by atoms with E-state index in [1.807, 2.05) is 0 Å².